The molecule has 0 saturated carbocycles. The highest BCUT2D eigenvalue weighted by Gasteiger charge is 2.35. The Morgan fingerprint density at radius 1 is 1.32 bits per heavy atom. The van der Waals surface area contributed by atoms with E-state index in [-0.39, 0.29) is 24.8 Å². The van der Waals surface area contributed by atoms with Gasteiger partial charge in [-0.15, -0.1) is 0 Å². The maximum absolute atomic E-state index is 12.4. The summed E-state index contributed by atoms with van der Waals surface area (Å²) in [5.74, 6) is -0.262. The molecule has 1 aromatic heterocycles. The van der Waals surface area contributed by atoms with E-state index in [9.17, 15) is 14.7 Å². The molecule has 132 valence electrons. The van der Waals surface area contributed by atoms with Crippen molar-refractivity contribution in [3.8, 4) is 0 Å². The largest absolute Gasteiger partial charge is 0.466 e. The average Bonchev–Trinajstić information content (AvgIpc) is 3.25. The highest BCUT2D eigenvalue weighted by molar-refractivity contribution is 5.89. The van der Waals surface area contributed by atoms with E-state index in [2.05, 4.69) is 5.32 Å². The van der Waals surface area contributed by atoms with Crippen molar-refractivity contribution >= 4 is 11.8 Å². The van der Waals surface area contributed by atoms with Crippen molar-refractivity contribution < 1.29 is 19.1 Å². The van der Waals surface area contributed by atoms with Crippen LogP contribution < -0.4 is 5.32 Å². The Bertz CT molecular complexity index is 725. The molecule has 2 amide bonds. The molecule has 2 atom stereocenters. The van der Waals surface area contributed by atoms with Gasteiger partial charge in [0.05, 0.1) is 18.7 Å². The van der Waals surface area contributed by atoms with Gasteiger partial charge < -0.3 is 19.7 Å². The van der Waals surface area contributed by atoms with Gasteiger partial charge in [-0.3, -0.25) is 9.59 Å². The van der Waals surface area contributed by atoms with E-state index in [1.165, 1.54) is 6.26 Å². The molecule has 1 aliphatic rings. The van der Waals surface area contributed by atoms with E-state index in [4.69, 9.17) is 4.42 Å². The number of likely N-dealkylation sites (tertiary alicyclic amines) is 1. The molecular weight excluding hydrogens is 320 g/mol. The molecule has 0 bridgehead atoms. The summed E-state index contributed by atoms with van der Waals surface area (Å²) in [5, 5.41) is 13.1. The fourth-order valence-electron chi connectivity index (χ4n) is 2.98. The highest BCUT2D eigenvalue weighted by atomic mass is 16.4. The second kappa shape index (κ2) is 7.11. The number of aliphatic hydroxyl groups is 1. The molecule has 2 heterocycles. The van der Waals surface area contributed by atoms with Crippen LogP contribution >= 0.6 is 0 Å². The first-order chi connectivity index (χ1) is 12.0. The van der Waals surface area contributed by atoms with E-state index in [0.717, 1.165) is 5.56 Å². The van der Waals surface area contributed by atoms with Crippen molar-refractivity contribution in [1.82, 2.24) is 10.2 Å². The lowest BCUT2D eigenvalue weighted by atomic mass is 10.0. The lowest BCUT2D eigenvalue weighted by Crippen LogP contribution is -2.41. The van der Waals surface area contributed by atoms with Gasteiger partial charge in [-0.1, -0.05) is 30.3 Å². The minimum atomic E-state index is -1.29. The van der Waals surface area contributed by atoms with Crippen molar-refractivity contribution in [2.45, 2.75) is 25.5 Å². The average molecular weight is 342 g/mol. The number of hydrogen-bond donors (Lipinski definition) is 2. The monoisotopic (exact) mass is 342 g/mol. The number of hydrogen-bond acceptors (Lipinski definition) is 4. The second-order valence-electron chi connectivity index (χ2n) is 6.63. The molecule has 25 heavy (non-hydrogen) atoms. The first-order valence-corrected chi connectivity index (χ1v) is 8.31. The summed E-state index contributed by atoms with van der Waals surface area (Å²) in [5.41, 5.74) is -0.247. The Morgan fingerprint density at radius 3 is 2.76 bits per heavy atom. The number of benzene rings is 1. The molecule has 2 aromatic rings. The van der Waals surface area contributed by atoms with Crippen LogP contribution in [0.15, 0.2) is 53.1 Å². The predicted octanol–water partition coefficient (Wildman–Crippen LogP) is 1.65. The normalized spacial score (nSPS) is 19.7. The summed E-state index contributed by atoms with van der Waals surface area (Å²) in [7, 11) is 0. The Morgan fingerprint density at radius 2 is 2.08 bits per heavy atom. The van der Waals surface area contributed by atoms with Gasteiger partial charge >= 0.3 is 0 Å². The van der Waals surface area contributed by atoms with Gasteiger partial charge in [-0.05, 0) is 24.6 Å². The van der Waals surface area contributed by atoms with Gasteiger partial charge in [0.15, 0.2) is 0 Å². The molecule has 3 rings (SSSR count). The van der Waals surface area contributed by atoms with Gasteiger partial charge in [0, 0.05) is 19.5 Å². The molecule has 0 spiro atoms. The molecule has 2 unspecified atom stereocenters. The summed E-state index contributed by atoms with van der Waals surface area (Å²) < 4.78 is 5.19. The Balaban J connectivity index is 1.54. The van der Waals surface area contributed by atoms with Crippen LogP contribution in [0.1, 0.15) is 24.7 Å². The van der Waals surface area contributed by atoms with Crippen LogP contribution in [0.4, 0.5) is 0 Å². The lowest BCUT2D eigenvalue weighted by Gasteiger charge is -2.22. The molecule has 6 nitrogen and oxygen atoms in total. The fourth-order valence-corrected chi connectivity index (χ4v) is 2.98. The third-order valence-electron chi connectivity index (χ3n) is 4.46. The molecular formula is C19H22N2O4. The number of rotatable bonds is 6. The molecule has 1 aliphatic heterocycles. The number of carbonyl (C=O) groups excluding carboxylic acids is 2. The smallest absolute Gasteiger partial charge is 0.225 e. The van der Waals surface area contributed by atoms with E-state index < -0.39 is 11.5 Å². The number of amides is 2. The number of carbonyl (C=O) groups is 2. The highest BCUT2D eigenvalue weighted by Crippen LogP contribution is 2.22. The van der Waals surface area contributed by atoms with E-state index in [1.54, 1.807) is 24.0 Å². The maximum Gasteiger partial charge on any atom is 0.225 e. The zero-order valence-corrected chi connectivity index (χ0v) is 14.1. The van der Waals surface area contributed by atoms with Crippen LogP contribution in [0.3, 0.4) is 0 Å². The molecule has 1 fully saturated rings. The molecule has 1 aromatic carbocycles. The zero-order valence-electron chi connectivity index (χ0n) is 14.1. The summed E-state index contributed by atoms with van der Waals surface area (Å²) >= 11 is 0. The quantitative estimate of drug-likeness (QED) is 0.836. The van der Waals surface area contributed by atoms with Crippen LogP contribution in [-0.4, -0.2) is 34.9 Å². The van der Waals surface area contributed by atoms with E-state index in [1.807, 2.05) is 30.3 Å². The van der Waals surface area contributed by atoms with Gasteiger partial charge in [0.25, 0.3) is 0 Å². The lowest BCUT2D eigenvalue weighted by molar-refractivity contribution is -0.129. The van der Waals surface area contributed by atoms with Crippen LogP contribution in [0.2, 0.25) is 0 Å². The van der Waals surface area contributed by atoms with Gasteiger partial charge in [-0.25, -0.2) is 0 Å². The number of nitrogens with one attached hydrogen (secondary N) is 1. The second-order valence-corrected chi connectivity index (χ2v) is 6.63. The van der Waals surface area contributed by atoms with Crippen LogP contribution in [0, 0.1) is 5.92 Å². The van der Waals surface area contributed by atoms with Crippen molar-refractivity contribution in [1.29, 1.82) is 0 Å². The Labute approximate surface area is 146 Å². The predicted molar refractivity (Wildman–Crippen MR) is 91.3 cm³/mol. The Hall–Kier alpha value is -2.60. The van der Waals surface area contributed by atoms with Crippen molar-refractivity contribution in [3.05, 3.63) is 60.1 Å². The number of furan rings is 1. The third kappa shape index (κ3) is 4.09. The summed E-state index contributed by atoms with van der Waals surface area (Å²) in [6, 6.07) is 13.0. The first-order valence-electron chi connectivity index (χ1n) is 8.31. The third-order valence-corrected chi connectivity index (χ3v) is 4.46. The molecule has 2 N–H and O–H groups in total. The SMILES string of the molecule is CC(O)(CNC(=O)C1CC(=O)N(Cc2ccccc2)C1)c1ccco1. The molecule has 1 saturated heterocycles. The van der Waals surface area contributed by atoms with Gasteiger partial charge in [0.1, 0.15) is 11.4 Å². The zero-order chi connectivity index (χ0) is 17.9. The van der Waals surface area contributed by atoms with Crippen LogP contribution in [-0.2, 0) is 21.7 Å². The van der Waals surface area contributed by atoms with Crippen molar-refractivity contribution in [2.24, 2.45) is 5.92 Å². The summed E-state index contributed by atoms with van der Waals surface area (Å²) in [4.78, 5) is 26.2. The van der Waals surface area contributed by atoms with Crippen molar-refractivity contribution in [3.63, 3.8) is 0 Å². The Kier molecular flexibility index (Phi) is 4.90. The minimum absolute atomic E-state index is 0.0261. The fraction of sp³-hybridized carbons (Fsp3) is 0.368. The van der Waals surface area contributed by atoms with Gasteiger partial charge in [-0.2, -0.15) is 0 Å². The molecule has 6 heteroatoms. The molecule has 0 aliphatic carbocycles. The topological polar surface area (TPSA) is 82.8 Å². The van der Waals surface area contributed by atoms with Crippen LogP contribution in [0.5, 0.6) is 0 Å². The maximum atomic E-state index is 12.4. The number of nitrogens with zero attached hydrogens (tertiary/aromatic N) is 1. The van der Waals surface area contributed by atoms with E-state index in [0.29, 0.717) is 18.8 Å². The minimum Gasteiger partial charge on any atom is -0.466 e. The van der Waals surface area contributed by atoms with E-state index >= 15 is 0 Å². The standard InChI is InChI=1S/C19H22N2O4/c1-19(24,16-8-5-9-25-16)13-20-18(23)15-10-17(22)21(12-15)11-14-6-3-2-4-7-14/h2-9,15,24H,10-13H2,1H3,(H,20,23). The first kappa shape index (κ1) is 17.2. The van der Waals surface area contributed by atoms with Crippen LogP contribution in [0.25, 0.3) is 0 Å². The summed E-state index contributed by atoms with van der Waals surface area (Å²) in [6.07, 6.45) is 1.67. The summed E-state index contributed by atoms with van der Waals surface area (Å²) in [6.45, 7) is 2.51. The molecule has 0 radical (unpaired) electrons. The van der Waals surface area contributed by atoms with Crippen molar-refractivity contribution in [2.75, 3.05) is 13.1 Å². The van der Waals surface area contributed by atoms with Gasteiger partial charge in [0.2, 0.25) is 11.8 Å².